The number of rotatable bonds is 4. The highest BCUT2D eigenvalue weighted by molar-refractivity contribution is 5.95. The lowest BCUT2D eigenvalue weighted by molar-refractivity contribution is 0.0982. The van der Waals surface area contributed by atoms with Crippen LogP contribution in [0.4, 0.5) is 4.39 Å². The van der Waals surface area contributed by atoms with Gasteiger partial charge in [-0.25, -0.2) is 4.39 Å². The van der Waals surface area contributed by atoms with Gasteiger partial charge in [-0.05, 0) is 30.7 Å². The second-order valence-corrected chi connectivity index (χ2v) is 3.76. The minimum absolute atomic E-state index is 0.00374. The lowest BCUT2D eigenvalue weighted by atomic mass is 10.1. The number of hydrogen-bond acceptors (Lipinski definition) is 2. The van der Waals surface area contributed by atoms with Gasteiger partial charge in [0.2, 0.25) is 0 Å². The summed E-state index contributed by atoms with van der Waals surface area (Å²) in [6, 6.07) is 7.68. The summed E-state index contributed by atoms with van der Waals surface area (Å²) in [5, 5.41) is 4.05. The molecule has 0 aliphatic heterocycles. The summed E-state index contributed by atoms with van der Waals surface area (Å²) in [6.07, 6.45) is 1.88. The Kier molecular flexibility index (Phi) is 3.32. The van der Waals surface area contributed by atoms with Gasteiger partial charge in [0.25, 0.3) is 0 Å². The molecule has 0 amide bonds. The summed E-state index contributed by atoms with van der Waals surface area (Å²) in [5.74, 6) is -0.296. The summed E-state index contributed by atoms with van der Waals surface area (Å²) < 4.78 is 14.4. The van der Waals surface area contributed by atoms with Gasteiger partial charge in [-0.2, -0.15) is 5.10 Å². The predicted octanol–water partition coefficient (Wildman–Crippen LogP) is 2.47. The van der Waals surface area contributed by atoms with E-state index in [9.17, 15) is 9.18 Å². The van der Waals surface area contributed by atoms with Gasteiger partial charge >= 0.3 is 0 Å². The first-order valence-corrected chi connectivity index (χ1v) is 5.50. The van der Waals surface area contributed by atoms with Crippen LogP contribution in [-0.4, -0.2) is 15.6 Å². The van der Waals surface area contributed by atoms with E-state index in [0.717, 1.165) is 5.56 Å². The number of hydrogen-bond donors (Lipinski definition) is 0. The van der Waals surface area contributed by atoms with Crippen LogP contribution < -0.4 is 0 Å². The molecular formula is C13H13FN2O. The van der Waals surface area contributed by atoms with Gasteiger partial charge in [0.1, 0.15) is 11.5 Å². The Hall–Kier alpha value is -1.97. The molecule has 0 N–H and O–H groups in total. The van der Waals surface area contributed by atoms with Crippen LogP contribution in [-0.2, 0) is 13.0 Å². The maximum absolute atomic E-state index is 12.7. The minimum atomic E-state index is -0.292. The Morgan fingerprint density at radius 2 is 2.00 bits per heavy atom. The van der Waals surface area contributed by atoms with Gasteiger partial charge < -0.3 is 0 Å². The van der Waals surface area contributed by atoms with Crippen molar-refractivity contribution in [1.29, 1.82) is 0 Å². The predicted molar refractivity (Wildman–Crippen MR) is 62.3 cm³/mol. The van der Waals surface area contributed by atoms with E-state index in [0.29, 0.717) is 12.2 Å². The Bertz CT molecular complexity index is 516. The van der Waals surface area contributed by atoms with Crippen molar-refractivity contribution in [3.05, 3.63) is 53.6 Å². The van der Waals surface area contributed by atoms with Crippen LogP contribution in [0.25, 0.3) is 0 Å². The Morgan fingerprint density at radius 1 is 1.29 bits per heavy atom. The number of halogens is 1. The molecule has 0 atom stereocenters. The van der Waals surface area contributed by atoms with E-state index in [-0.39, 0.29) is 18.0 Å². The molecule has 17 heavy (non-hydrogen) atoms. The summed E-state index contributed by atoms with van der Waals surface area (Å²) in [7, 11) is 0. The molecule has 0 fully saturated rings. The molecule has 1 heterocycles. The topological polar surface area (TPSA) is 34.9 Å². The number of carbonyl (C=O) groups is 1. The lowest BCUT2D eigenvalue weighted by Crippen LogP contribution is -2.11. The third-order valence-corrected chi connectivity index (χ3v) is 2.58. The molecule has 0 unspecified atom stereocenters. The van der Waals surface area contributed by atoms with Crippen molar-refractivity contribution in [2.45, 2.75) is 19.9 Å². The molecule has 0 radical (unpaired) electrons. The maximum atomic E-state index is 12.7. The average molecular weight is 232 g/mol. The first-order valence-electron chi connectivity index (χ1n) is 5.50. The maximum Gasteiger partial charge on any atom is 0.185 e. The quantitative estimate of drug-likeness (QED) is 0.759. The zero-order chi connectivity index (χ0) is 12.3. The van der Waals surface area contributed by atoms with E-state index in [2.05, 4.69) is 5.10 Å². The zero-order valence-electron chi connectivity index (χ0n) is 9.56. The number of carbonyl (C=O) groups excluding carboxylic acids is 1. The van der Waals surface area contributed by atoms with E-state index in [1.807, 2.05) is 6.92 Å². The van der Waals surface area contributed by atoms with Crippen LogP contribution >= 0.6 is 0 Å². The fraction of sp³-hybridized carbons (Fsp3) is 0.231. The highest BCUT2D eigenvalue weighted by Crippen LogP contribution is 2.08. The van der Waals surface area contributed by atoms with Crippen molar-refractivity contribution in [3.63, 3.8) is 0 Å². The van der Waals surface area contributed by atoms with Crippen molar-refractivity contribution in [2.75, 3.05) is 0 Å². The fourth-order valence-corrected chi connectivity index (χ4v) is 1.70. The van der Waals surface area contributed by atoms with E-state index >= 15 is 0 Å². The smallest absolute Gasteiger partial charge is 0.185 e. The van der Waals surface area contributed by atoms with E-state index < -0.39 is 0 Å². The second kappa shape index (κ2) is 4.91. The average Bonchev–Trinajstić information content (AvgIpc) is 2.80. The van der Waals surface area contributed by atoms with Crippen molar-refractivity contribution >= 4 is 5.78 Å². The molecule has 2 rings (SSSR count). The second-order valence-electron chi connectivity index (χ2n) is 3.76. The standard InChI is InChI=1S/C13H13FN2O/c1-2-16-12(7-8-15-16)13(17)9-10-3-5-11(14)6-4-10/h3-8H,2,9H2,1H3. The molecule has 0 bridgehead atoms. The molecule has 4 heteroatoms. The van der Waals surface area contributed by atoms with Crippen LogP contribution in [0, 0.1) is 5.82 Å². The molecule has 0 aliphatic carbocycles. The van der Waals surface area contributed by atoms with Gasteiger partial charge in [0, 0.05) is 19.2 Å². The number of ketones is 1. The van der Waals surface area contributed by atoms with Crippen LogP contribution in [0.15, 0.2) is 36.5 Å². The largest absolute Gasteiger partial charge is 0.292 e. The highest BCUT2D eigenvalue weighted by Gasteiger charge is 2.11. The molecule has 1 aromatic carbocycles. The summed E-state index contributed by atoms with van der Waals surface area (Å²) >= 11 is 0. The Balaban J connectivity index is 2.14. The van der Waals surface area contributed by atoms with Gasteiger partial charge in [-0.15, -0.1) is 0 Å². The van der Waals surface area contributed by atoms with Gasteiger partial charge in [0.05, 0.1) is 0 Å². The SMILES string of the molecule is CCn1nccc1C(=O)Cc1ccc(F)cc1. The van der Waals surface area contributed by atoms with Crippen molar-refractivity contribution < 1.29 is 9.18 Å². The van der Waals surface area contributed by atoms with Crippen LogP contribution in [0.5, 0.6) is 0 Å². The minimum Gasteiger partial charge on any atom is -0.292 e. The molecule has 0 saturated heterocycles. The summed E-state index contributed by atoms with van der Waals surface area (Å²) in [5.41, 5.74) is 1.40. The first kappa shape index (κ1) is 11.5. The monoisotopic (exact) mass is 232 g/mol. The number of aromatic nitrogens is 2. The molecule has 0 aliphatic rings. The van der Waals surface area contributed by atoms with Gasteiger partial charge in [0.15, 0.2) is 5.78 Å². The lowest BCUT2D eigenvalue weighted by Gasteiger charge is -2.04. The van der Waals surface area contributed by atoms with Crippen LogP contribution in [0.3, 0.4) is 0 Å². The number of aryl methyl sites for hydroxylation is 1. The van der Waals surface area contributed by atoms with Crippen LogP contribution in [0.1, 0.15) is 23.0 Å². The molecule has 3 nitrogen and oxygen atoms in total. The first-order chi connectivity index (χ1) is 8.20. The molecule has 2 aromatic rings. The molecule has 0 saturated carbocycles. The van der Waals surface area contributed by atoms with Gasteiger partial charge in [-0.1, -0.05) is 12.1 Å². The van der Waals surface area contributed by atoms with Crippen molar-refractivity contribution in [1.82, 2.24) is 9.78 Å². The zero-order valence-corrected chi connectivity index (χ0v) is 9.56. The highest BCUT2D eigenvalue weighted by atomic mass is 19.1. The number of Topliss-reactive ketones (excluding diaryl/α,β-unsaturated/α-hetero) is 1. The summed E-state index contributed by atoms with van der Waals surface area (Å²) in [4.78, 5) is 12.0. The Morgan fingerprint density at radius 3 is 2.65 bits per heavy atom. The van der Waals surface area contributed by atoms with Gasteiger partial charge in [-0.3, -0.25) is 9.48 Å². The van der Waals surface area contributed by atoms with Crippen molar-refractivity contribution in [3.8, 4) is 0 Å². The third-order valence-electron chi connectivity index (χ3n) is 2.58. The van der Waals surface area contributed by atoms with E-state index in [4.69, 9.17) is 0 Å². The number of nitrogens with zero attached hydrogens (tertiary/aromatic N) is 2. The third kappa shape index (κ3) is 2.58. The summed E-state index contributed by atoms with van der Waals surface area (Å²) in [6.45, 7) is 2.60. The van der Waals surface area contributed by atoms with E-state index in [1.54, 1.807) is 29.1 Å². The fourth-order valence-electron chi connectivity index (χ4n) is 1.70. The molecule has 88 valence electrons. The van der Waals surface area contributed by atoms with Crippen LogP contribution in [0.2, 0.25) is 0 Å². The molecular weight excluding hydrogens is 219 g/mol. The van der Waals surface area contributed by atoms with Crippen molar-refractivity contribution in [2.24, 2.45) is 0 Å². The normalized spacial score (nSPS) is 10.5. The Labute approximate surface area is 98.9 Å². The number of benzene rings is 1. The molecule has 1 aromatic heterocycles. The van der Waals surface area contributed by atoms with E-state index in [1.165, 1.54) is 12.1 Å². The molecule has 0 spiro atoms.